The molecule has 88 valence electrons. The SMILES string of the molecule is CCNC(c1cc(Cl)ccc1Br)C1CCC1. The van der Waals surface area contributed by atoms with Gasteiger partial charge in [-0.2, -0.15) is 0 Å². The van der Waals surface area contributed by atoms with Gasteiger partial charge in [0.25, 0.3) is 0 Å². The summed E-state index contributed by atoms with van der Waals surface area (Å²) in [7, 11) is 0. The second-order valence-corrected chi connectivity index (χ2v) is 5.68. The zero-order chi connectivity index (χ0) is 11.5. The Hall–Kier alpha value is -0.0500. The summed E-state index contributed by atoms with van der Waals surface area (Å²) in [6.07, 6.45) is 4.03. The lowest BCUT2D eigenvalue weighted by molar-refractivity contribution is 0.232. The molecule has 1 N–H and O–H groups in total. The van der Waals surface area contributed by atoms with Crippen LogP contribution in [0.3, 0.4) is 0 Å². The van der Waals surface area contributed by atoms with Gasteiger partial charge in [-0.05, 0) is 49.1 Å². The molecule has 1 unspecified atom stereocenters. The maximum atomic E-state index is 6.08. The summed E-state index contributed by atoms with van der Waals surface area (Å²) >= 11 is 9.70. The first-order valence-corrected chi connectivity index (χ1v) is 7.07. The molecular weight excluding hydrogens is 286 g/mol. The highest BCUT2D eigenvalue weighted by Crippen LogP contribution is 2.40. The van der Waals surface area contributed by atoms with Crippen LogP contribution in [0.4, 0.5) is 0 Å². The third-order valence-electron chi connectivity index (χ3n) is 3.34. The molecule has 0 saturated heterocycles. The van der Waals surface area contributed by atoms with Crippen LogP contribution in [0.1, 0.15) is 37.8 Å². The van der Waals surface area contributed by atoms with Crippen LogP contribution in [0.15, 0.2) is 22.7 Å². The molecule has 1 saturated carbocycles. The van der Waals surface area contributed by atoms with Crippen molar-refractivity contribution in [2.75, 3.05) is 6.54 Å². The van der Waals surface area contributed by atoms with Crippen LogP contribution in [0.25, 0.3) is 0 Å². The van der Waals surface area contributed by atoms with Gasteiger partial charge in [-0.25, -0.2) is 0 Å². The molecule has 0 radical (unpaired) electrons. The van der Waals surface area contributed by atoms with Crippen molar-refractivity contribution in [3.05, 3.63) is 33.3 Å². The largest absolute Gasteiger partial charge is 0.310 e. The van der Waals surface area contributed by atoms with Crippen LogP contribution in [-0.2, 0) is 0 Å². The Kier molecular flexibility index (Phi) is 4.28. The molecule has 2 rings (SSSR count). The summed E-state index contributed by atoms with van der Waals surface area (Å²) in [6, 6.07) is 6.50. The van der Waals surface area contributed by atoms with E-state index in [1.165, 1.54) is 24.8 Å². The number of nitrogens with one attached hydrogen (secondary N) is 1. The molecule has 0 bridgehead atoms. The van der Waals surface area contributed by atoms with E-state index in [0.29, 0.717) is 6.04 Å². The van der Waals surface area contributed by atoms with Crippen molar-refractivity contribution < 1.29 is 0 Å². The van der Waals surface area contributed by atoms with Crippen LogP contribution in [0, 0.1) is 5.92 Å². The monoisotopic (exact) mass is 301 g/mol. The Balaban J connectivity index is 2.25. The second kappa shape index (κ2) is 5.52. The topological polar surface area (TPSA) is 12.0 Å². The second-order valence-electron chi connectivity index (χ2n) is 4.39. The van der Waals surface area contributed by atoms with E-state index in [1.54, 1.807) is 0 Å². The molecule has 0 heterocycles. The summed E-state index contributed by atoms with van der Waals surface area (Å²) in [5.74, 6) is 0.773. The quantitative estimate of drug-likeness (QED) is 0.860. The van der Waals surface area contributed by atoms with Crippen molar-refractivity contribution in [2.45, 2.75) is 32.2 Å². The Labute approximate surface area is 111 Å². The van der Waals surface area contributed by atoms with E-state index >= 15 is 0 Å². The smallest absolute Gasteiger partial charge is 0.0410 e. The molecule has 1 aromatic rings. The predicted octanol–water partition coefficient (Wildman–Crippen LogP) is 4.55. The van der Waals surface area contributed by atoms with E-state index in [9.17, 15) is 0 Å². The zero-order valence-corrected chi connectivity index (χ0v) is 11.8. The molecule has 1 aromatic carbocycles. The minimum atomic E-state index is 0.451. The molecule has 1 nitrogen and oxygen atoms in total. The Morgan fingerprint density at radius 2 is 2.25 bits per heavy atom. The minimum absolute atomic E-state index is 0.451. The van der Waals surface area contributed by atoms with E-state index in [4.69, 9.17) is 11.6 Å². The third kappa shape index (κ3) is 2.61. The zero-order valence-electron chi connectivity index (χ0n) is 9.47. The Morgan fingerprint density at radius 1 is 1.50 bits per heavy atom. The van der Waals surface area contributed by atoms with Crippen molar-refractivity contribution in [3.8, 4) is 0 Å². The first-order valence-electron chi connectivity index (χ1n) is 5.90. The lowest BCUT2D eigenvalue weighted by atomic mass is 9.77. The van der Waals surface area contributed by atoms with E-state index in [0.717, 1.165) is 22.0 Å². The highest BCUT2D eigenvalue weighted by molar-refractivity contribution is 9.10. The summed E-state index contributed by atoms with van der Waals surface area (Å²) in [5.41, 5.74) is 1.30. The molecule has 16 heavy (non-hydrogen) atoms. The summed E-state index contributed by atoms with van der Waals surface area (Å²) in [6.45, 7) is 3.16. The van der Waals surface area contributed by atoms with Gasteiger partial charge in [-0.3, -0.25) is 0 Å². The fourth-order valence-electron chi connectivity index (χ4n) is 2.28. The maximum Gasteiger partial charge on any atom is 0.0410 e. The predicted molar refractivity (Wildman–Crippen MR) is 72.9 cm³/mol. The van der Waals surface area contributed by atoms with Crippen LogP contribution in [0.5, 0.6) is 0 Å². The molecule has 3 heteroatoms. The van der Waals surface area contributed by atoms with Gasteiger partial charge in [0, 0.05) is 15.5 Å². The maximum absolute atomic E-state index is 6.08. The molecule has 0 spiro atoms. The molecule has 1 aliphatic rings. The molecule has 1 fully saturated rings. The van der Waals surface area contributed by atoms with Gasteiger partial charge in [-0.1, -0.05) is 40.9 Å². The van der Waals surface area contributed by atoms with Crippen molar-refractivity contribution in [1.82, 2.24) is 5.32 Å². The van der Waals surface area contributed by atoms with Gasteiger partial charge in [-0.15, -0.1) is 0 Å². The van der Waals surface area contributed by atoms with Gasteiger partial charge in [0.1, 0.15) is 0 Å². The normalized spacial score (nSPS) is 18.2. The van der Waals surface area contributed by atoms with Gasteiger partial charge in [0.15, 0.2) is 0 Å². The average Bonchev–Trinajstić information content (AvgIpc) is 2.18. The lowest BCUT2D eigenvalue weighted by Gasteiger charge is -2.35. The standard InChI is InChI=1S/C13H17BrClN/c1-2-16-13(9-4-3-5-9)11-8-10(15)6-7-12(11)14/h6-9,13,16H,2-5H2,1H3. The van der Waals surface area contributed by atoms with Gasteiger partial charge in [0.05, 0.1) is 0 Å². The van der Waals surface area contributed by atoms with Crippen molar-refractivity contribution in [3.63, 3.8) is 0 Å². The third-order valence-corrected chi connectivity index (χ3v) is 4.30. The molecule has 0 aromatic heterocycles. The van der Waals surface area contributed by atoms with E-state index < -0.39 is 0 Å². The number of hydrogen-bond donors (Lipinski definition) is 1. The number of hydrogen-bond acceptors (Lipinski definition) is 1. The van der Waals surface area contributed by atoms with Crippen LogP contribution in [0.2, 0.25) is 5.02 Å². The van der Waals surface area contributed by atoms with Crippen molar-refractivity contribution in [1.29, 1.82) is 0 Å². The number of halogens is 2. The summed E-state index contributed by atoms with van der Waals surface area (Å²) < 4.78 is 1.16. The van der Waals surface area contributed by atoms with Crippen LogP contribution >= 0.6 is 27.5 Å². The highest BCUT2D eigenvalue weighted by Gasteiger charge is 2.29. The highest BCUT2D eigenvalue weighted by atomic mass is 79.9. The van der Waals surface area contributed by atoms with Crippen molar-refractivity contribution >= 4 is 27.5 Å². The summed E-state index contributed by atoms with van der Waals surface area (Å²) in [5, 5.41) is 4.40. The first-order chi connectivity index (χ1) is 7.72. The Morgan fingerprint density at radius 3 is 2.81 bits per heavy atom. The van der Waals surface area contributed by atoms with E-state index in [1.807, 2.05) is 12.1 Å². The average molecular weight is 303 g/mol. The fraction of sp³-hybridized carbons (Fsp3) is 0.538. The summed E-state index contributed by atoms with van der Waals surface area (Å²) in [4.78, 5) is 0. The Bertz CT molecular complexity index is 363. The minimum Gasteiger partial charge on any atom is -0.310 e. The molecule has 0 amide bonds. The molecule has 0 aliphatic heterocycles. The molecule has 1 atom stereocenters. The van der Waals surface area contributed by atoms with Crippen LogP contribution in [-0.4, -0.2) is 6.54 Å². The van der Waals surface area contributed by atoms with Gasteiger partial charge >= 0.3 is 0 Å². The molecule has 1 aliphatic carbocycles. The van der Waals surface area contributed by atoms with Gasteiger partial charge < -0.3 is 5.32 Å². The number of rotatable bonds is 4. The molecular formula is C13H17BrClN. The number of benzene rings is 1. The van der Waals surface area contributed by atoms with Crippen LogP contribution < -0.4 is 5.32 Å². The van der Waals surface area contributed by atoms with Gasteiger partial charge in [0.2, 0.25) is 0 Å². The van der Waals surface area contributed by atoms with E-state index in [-0.39, 0.29) is 0 Å². The van der Waals surface area contributed by atoms with E-state index in [2.05, 4.69) is 34.2 Å². The van der Waals surface area contributed by atoms with Crippen molar-refractivity contribution in [2.24, 2.45) is 5.92 Å². The first kappa shape index (κ1) is 12.4. The fourth-order valence-corrected chi connectivity index (χ4v) is 2.95. The lowest BCUT2D eigenvalue weighted by Crippen LogP contribution is -2.32.